The molecule has 24 heavy (non-hydrogen) atoms. The maximum Gasteiger partial charge on any atom is 0.285 e. The monoisotopic (exact) mass is 366 g/mol. The van der Waals surface area contributed by atoms with Gasteiger partial charge in [0, 0.05) is 11.8 Å². The van der Waals surface area contributed by atoms with E-state index in [4.69, 9.17) is 4.74 Å². The van der Waals surface area contributed by atoms with Crippen molar-refractivity contribution in [3.05, 3.63) is 43.0 Å². The van der Waals surface area contributed by atoms with Crippen molar-refractivity contribution in [1.82, 2.24) is 4.90 Å². The highest BCUT2D eigenvalue weighted by atomic mass is 32.2. The van der Waals surface area contributed by atoms with Gasteiger partial charge in [-0.25, -0.2) is 8.42 Å². The lowest BCUT2D eigenvalue weighted by atomic mass is 10.2. The van der Waals surface area contributed by atoms with E-state index in [1.54, 1.807) is 18.2 Å². The molecule has 0 bridgehead atoms. The molecule has 2 aliphatic rings. The van der Waals surface area contributed by atoms with Crippen LogP contribution in [-0.4, -0.2) is 60.3 Å². The number of rotatable bonds is 5. The number of amides is 1. The third-order valence-corrected chi connectivity index (χ3v) is 7.07. The van der Waals surface area contributed by atoms with Gasteiger partial charge < -0.3 is 9.64 Å². The summed E-state index contributed by atoms with van der Waals surface area (Å²) in [5.41, 5.74) is 0. The summed E-state index contributed by atoms with van der Waals surface area (Å²) in [5, 5.41) is 0.484. The summed E-state index contributed by atoms with van der Waals surface area (Å²) < 4.78 is 29.0. The van der Waals surface area contributed by atoms with Gasteiger partial charge in [0.25, 0.3) is 5.91 Å². The Bertz CT molecular complexity index is 762. The molecule has 2 aliphatic heterocycles. The number of thioether (sulfide) groups is 1. The number of nitrogens with zero attached hydrogens (tertiary/aromatic N) is 2. The van der Waals surface area contributed by atoms with Crippen LogP contribution >= 0.6 is 11.8 Å². The molecule has 2 heterocycles. The number of benzene rings is 1. The van der Waals surface area contributed by atoms with Gasteiger partial charge in [-0.2, -0.15) is 4.99 Å². The molecule has 0 radical (unpaired) electrons. The summed E-state index contributed by atoms with van der Waals surface area (Å²) >= 11 is 1.35. The SMILES string of the molecule is C=CCN1C(=NC(=O)COc2ccccc2)S[C@H]2CS(=O)(=O)C[C@H]21. The maximum atomic E-state index is 12.1. The smallest absolute Gasteiger partial charge is 0.285 e. The van der Waals surface area contributed by atoms with Gasteiger partial charge in [-0.15, -0.1) is 6.58 Å². The van der Waals surface area contributed by atoms with Crippen molar-refractivity contribution in [2.75, 3.05) is 24.7 Å². The Morgan fingerprint density at radius 2 is 2.12 bits per heavy atom. The minimum absolute atomic E-state index is 0.0726. The molecule has 3 rings (SSSR count). The van der Waals surface area contributed by atoms with Gasteiger partial charge in [0.05, 0.1) is 17.5 Å². The van der Waals surface area contributed by atoms with E-state index >= 15 is 0 Å². The van der Waals surface area contributed by atoms with Crippen LogP contribution in [-0.2, 0) is 14.6 Å². The first-order chi connectivity index (χ1) is 11.5. The lowest BCUT2D eigenvalue weighted by Gasteiger charge is -2.22. The average Bonchev–Trinajstić information content (AvgIpc) is 2.99. The lowest BCUT2D eigenvalue weighted by molar-refractivity contribution is -0.119. The van der Waals surface area contributed by atoms with E-state index in [0.717, 1.165) is 0 Å². The van der Waals surface area contributed by atoms with Gasteiger partial charge >= 0.3 is 0 Å². The van der Waals surface area contributed by atoms with Crippen molar-refractivity contribution in [2.24, 2.45) is 4.99 Å². The molecule has 1 aromatic carbocycles. The standard InChI is InChI=1S/C16H18N2O4S2/c1-2-8-18-13-10-24(20,21)11-14(13)23-16(18)17-15(19)9-22-12-6-4-3-5-7-12/h2-7,13-14H,1,8-11H2/t13-,14+/m1/s1. The number of amidine groups is 1. The van der Waals surface area contributed by atoms with E-state index < -0.39 is 15.7 Å². The van der Waals surface area contributed by atoms with E-state index in [1.165, 1.54) is 11.8 Å². The number of sulfone groups is 1. The molecule has 0 N–H and O–H groups in total. The summed E-state index contributed by atoms with van der Waals surface area (Å²) in [6.45, 7) is 4.02. The summed E-state index contributed by atoms with van der Waals surface area (Å²) in [7, 11) is -3.02. The van der Waals surface area contributed by atoms with Crippen LogP contribution in [0.4, 0.5) is 0 Å². The second-order valence-corrected chi connectivity index (χ2v) is 8.99. The third kappa shape index (κ3) is 3.81. The zero-order chi connectivity index (χ0) is 17.2. The fourth-order valence-electron chi connectivity index (χ4n) is 2.79. The van der Waals surface area contributed by atoms with E-state index in [-0.39, 0.29) is 29.4 Å². The molecule has 0 spiro atoms. The first kappa shape index (κ1) is 17.0. The van der Waals surface area contributed by atoms with Crippen LogP contribution in [0.5, 0.6) is 5.75 Å². The second-order valence-electron chi connectivity index (χ2n) is 5.63. The van der Waals surface area contributed by atoms with Crippen LogP contribution in [0.1, 0.15) is 0 Å². The van der Waals surface area contributed by atoms with Gasteiger partial charge in [-0.05, 0) is 12.1 Å². The number of hydrogen-bond donors (Lipinski definition) is 0. The zero-order valence-electron chi connectivity index (χ0n) is 13.0. The Balaban J connectivity index is 1.67. The molecule has 2 fully saturated rings. The molecule has 128 valence electrons. The topological polar surface area (TPSA) is 76.0 Å². The second kappa shape index (κ2) is 6.98. The number of fused-ring (bicyclic) bond motifs is 1. The molecule has 6 nitrogen and oxygen atoms in total. The predicted molar refractivity (Wildman–Crippen MR) is 95.1 cm³/mol. The molecule has 8 heteroatoms. The van der Waals surface area contributed by atoms with Crippen LogP contribution < -0.4 is 4.74 Å². The number of ether oxygens (including phenoxy) is 1. The minimum Gasteiger partial charge on any atom is -0.484 e. The largest absolute Gasteiger partial charge is 0.484 e. The average molecular weight is 366 g/mol. The van der Waals surface area contributed by atoms with Gasteiger partial charge in [-0.1, -0.05) is 36.0 Å². The molecule has 0 saturated carbocycles. The number of aliphatic imine (C=N–C) groups is 1. The molecular weight excluding hydrogens is 348 g/mol. The maximum absolute atomic E-state index is 12.1. The van der Waals surface area contributed by atoms with Gasteiger partial charge in [0.1, 0.15) is 5.75 Å². The molecule has 0 aliphatic carbocycles. The van der Waals surface area contributed by atoms with Crippen LogP contribution in [0.25, 0.3) is 0 Å². The molecule has 0 unspecified atom stereocenters. The molecule has 1 amide bonds. The fraction of sp³-hybridized carbons (Fsp3) is 0.375. The Morgan fingerprint density at radius 3 is 2.83 bits per heavy atom. The Labute approximate surface area is 145 Å². The zero-order valence-corrected chi connectivity index (χ0v) is 14.6. The Kier molecular flexibility index (Phi) is 4.96. The molecule has 2 saturated heterocycles. The van der Waals surface area contributed by atoms with E-state index in [9.17, 15) is 13.2 Å². The fourth-order valence-corrected chi connectivity index (χ4v) is 6.77. The Morgan fingerprint density at radius 1 is 1.38 bits per heavy atom. The summed E-state index contributed by atoms with van der Waals surface area (Å²) in [6, 6.07) is 8.91. The minimum atomic E-state index is -3.02. The number of carbonyl (C=O) groups is 1. The predicted octanol–water partition coefficient (Wildman–Crippen LogP) is 1.35. The first-order valence-corrected chi connectivity index (χ1v) is 10.2. The van der Waals surface area contributed by atoms with Crippen LogP contribution in [0, 0.1) is 0 Å². The number of carbonyl (C=O) groups excluding carboxylic acids is 1. The van der Waals surface area contributed by atoms with Crippen molar-refractivity contribution in [1.29, 1.82) is 0 Å². The van der Waals surface area contributed by atoms with Crippen molar-refractivity contribution >= 4 is 32.7 Å². The number of para-hydroxylation sites is 1. The normalized spacial score (nSPS) is 26.3. The molecule has 1 aromatic rings. The van der Waals surface area contributed by atoms with Crippen LogP contribution in [0.3, 0.4) is 0 Å². The van der Waals surface area contributed by atoms with E-state index in [2.05, 4.69) is 11.6 Å². The molecular formula is C16H18N2O4S2. The van der Waals surface area contributed by atoms with Gasteiger partial charge in [0.2, 0.25) is 0 Å². The van der Waals surface area contributed by atoms with E-state index in [1.807, 2.05) is 23.1 Å². The summed E-state index contributed by atoms with van der Waals surface area (Å²) in [4.78, 5) is 18.0. The highest BCUT2D eigenvalue weighted by Crippen LogP contribution is 2.37. The third-order valence-electron chi connectivity index (χ3n) is 3.83. The van der Waals surface area contributed by atoms with Crippen molar-refractivity contribution in [2.45, 2.75) is 11.3 Å². The first-order valence-electron chi connectivity index (χ1n) is 7.52. The highest BCUT2D eigenvalue weighted by molar-refractivity contribution is 8.15. The quantitative estimate of drug-likeness (QED) is 0.732. The van der Waals surface area contributed by atoms with Crippen molar-refractivity contribution < 1.29 is 17.9 Å². The molecule has 2 atom stereocenters. The van der Waals surface area contributed by atoms with Crippen molar-refractivity contribution in [3.8, 4) is 5.75 Å². The molecule has 0 aromatic heterocycles. The van der Waals surface area contributed by atoms with Crippen LogP contribution in [0.15, 0.2) is 48.0 Å². The lowest BCUT2D eigenvalue weighted by Crippen LogP contribution is -2.37. The summed E-state index contributed by atoms with van der Waals surface area (Å²) in [5.74, 6) is 0.449. The van der Waals surface area contributed by atoms with E-state index in [0.29, 0.717) is 17.5 Å². The van der Waals surface area contributed by atoms with Gasteiger partial charge in [-0.3, -0.25) is 4.79 Å². The van der Waals surface area contributed by atoms with Gasteiger partial charge in [0.15, 0.2) is 21.6 Å². The summed E-state index contributed by atoms with van der Waals surface area (Å²) in [6.07, 6.45) is 1.69. The van der Waals surface area contributed by atoms with Crippen LogP contribution in [0.2, 0.25) is 0 Å². The number of hydrogen-bond acceptors (Lipinski definition) is 5. The van der Waals surface area contributed by atoms with Crippen molar-refractivity contribution in [3.63, 3.8) is 0 Å². The highest BCUT2D eigenvalue weighted by Gasteiger charge is 2.48. The Hall–Kier alpha value is -1.80.